The molecule has 2 aliphatic heterocycles. The zero-order valence-electron chi connectivity index (χ0n) is 33.3. The van der Waals surface area contributed by atoms with Crippen molar-refractivity contribution in [3.63, 3.8) is 0 Å². The number of anilines is 4. The van der Waals surface area contributed by atoms with Crippen LogP contribution in [0.2, 0.25) is 0 Å². The molecular formula is C55H45IN2. The third-order valence-corrected chi connectivity index (χ3v) is 14.0. The molecule has 0 spiro atoms. The van der Waals surface area contributed by atoms with Gasteiger partial charge in [-0.15, -0.1) is 0 Å². The van der Waals surface area contributed by atoms with Gasteiger partial charge in [0.15, 0.2) is 0 Å². The van der Waals surface area contributed by atoms with E-state index in [1.54, 1.807) is 0 Å². The highest BCUT2D eigenvalue weighted by Crippen LogP contribution is 2.53. The Morgan fingerprint density at radius 3 is 2.09 bits per heavy atom. The topological polar surface area (TPSA) is 6.48 Å². The largest absolute Gasteiger partial charge is 0.344 e. The molecule has 11 rings (SSSR count). The number of allylic oxidation sites excluding steroid dienone is 4. The summed E-state index contributed by atoms with van der Waals surface area (Å²) >= 11 is 2.54. The molecule has 4 aliphatic rings. The van der Waals surface area contributed by atoms with Gasteiger partial charge in [-0.3, -0.25) is 0 Å². The second kappa shape index (κ2) is 13.7. The molecule has 0 amide bonds. The van der Waals surface area contributed by atoms with Crippen LogP contribution in [0.5, 0.6) is 0 Å². The van der Waals surface area contributed by atoms with E-state index < -0.39 is 0 Å². The molecule has 0 bridgehead atoms. The highest BCUT2D eigenvalue weighted by molar-refractivity contribution is 14.1. The standard InChI is InChI=1S/C55H45IN2/c1-4-11-37-14-10-29-57(53(37)34-56)40-23-28-45-44-25-20-35(30-49(44)55(2,3)50(45)33-40)19-21-36-22-26-47-43-27-24-41(32-48(43)46-16-9-15-42(36)54(46)47)58-51-17-7-5-12-38(51)31-39-13-6-8-18-52(39)58/h4-9,11-13,15-28,30,32-33H,10,14,29,31,34H2,1-3H3/b11-4-,21-19+. The summed E-state index contributed by atoms with van der Waals surface area (Å²) in [6.45, 7) is 8.01. The fourth-order valence-electron chi connectivity index (χ4n) is 10.4. The van der Waals surface area contributed by atoms with Crippen LogP contribution in [0.1, 0.15) is 67.0 Å². The van der Waals surface area contributed by atoms with Gasteiger partial charge in [-0.2, -0.15) is 0 Å². The lowest BCUT2D eigenvalue weighted by atomic mass is 9.81. The van der Waals surface area contributed by atoms with Crippen molar-refractivity contribution in [3.05, 3.63) is 190 Å². The van der Waals surface area contributed by atoms with Crippen LogP contribution in [-0.4, -0.2) is 11.0 Å². The maximum absolute atomic E-state index is 2.57. The van der Waals surface area contributed by atoms with Crippen LogP contribution in [0, 0.1) is 0 Å². The maximum Gasteiger partial charge on any atom is 0.0497 e. The van der Waals surface area contributed by atoms with Crippen molar-refractivity contribution in [2.24, 2.45) is 0 Å². The van der Waals surface area contributed by atoms with Gasteiger partial charge >= 0.3 is 0 Å². The van der Waals surface area contributed by atoms with E-state index in [0.717, 1.165) is 23.8 Å². The minimum atomic E-state index is -0.0916. The minimum Gasteiger partial charge on any atom is -0.344 e. The van der Waals surface area contributed by atoms with E-state index in [1.807, 2.05) is 0 Å². The molecule has 282 valence electrons. The summed E-state index contributed by atoms with van der Waals surface area (Å²) in [4.78, 5) is 5.02. The van der Waals surface area contributed by atoms with Crippen molar-refractivity contribution < 1.29 is 0 Å². The Morgan fingerprint density at radius 1 is 0.621 bits per heavy atom. The monoisotopic (exact) mass is 860 g/mol. The van der Waals surface area contributed by atoms with Crippen LogP contribution in [0.3, 0.4) is 0 Å². The van der Waals surface area contributed by atoms with E-state index in [4.69, 9.17) is 0 Å². The fraction of sp³-hybridized carbons (Fsp3) is 0.164. The number of hydrogen-bond donors (Lipinski definition) is 0. The van der Waals surface area contributed by atoms with Gasteiger partial charge in [0.1, 0.15) is 0 Å². The van der Waals surface area contributed by atoms with Crippen molar-refractivity contribution in [2.75, 3.05) is 20.8 Å². The van der Waals surface area contributed by atoms with Crippen LogP contribution in [0.15, 0.2) is 157 Å². The molecule has 0 unspecified atom stereocenters. The predicted octanol–water partition coefficient (Wildman–Crippen LogP) is 15.2. The maximum atomic E-state index is 2.57. The van der Waals surface area contributed by atoms with Gasteiger partial charge < -0.3 is 9.80 Å². The molecule has 0 aromatic heterocycles. The van der Waals surface area contributed by atoms with Crippen LogP contribution in [-0.2, 0) is 11.8 Å². The molecule has 0 saturated carbocycles. The fourth-order valence-corrected chi connectivity index (χ4v) is 11.3. The van der Waals surface area contributed by atoms with Gasteiger partial charge in [-0.05, 0) is 139 Å². The molecule has 0 atom stereocenters. The molecule has 0 fully saturated rings. The highest BCUT2D eigenvalue weighted by atomic mass is 127. The van der Waals surface area contributed by atoms with Crippen LogP contribution < -0.4 is 9.80 Å². The molecule has 2 nitrogen and oxygen atoms in total. The quantitative estimate of drug-likeness (QED) is 0.0934. The second-order valence-electron chi connectivity index (χ2n) is 16.8. The first-order valence-electron chi connectivity index (χ1n) is 20.7. The van der Waals surface area contributed by atoms with Gasteiger partial charge in [0.2, 0.25) is 0 Å². The van der Waals surface area contributed by atoms with Crippen molar-refractivity contribution >= 4 is 68.3 Å². The average Bonchev–Trinajstić information content (AvgIpc) is 3.70. The Bertz CT molecular complexity index is 2900. The first-order valence-corrected chi connectivity index (χ1v) is 22.3. The summed E-state index contributed by atoms with van der Waals surface area (Å²) < 4.78 is 1.02. The Kier molecular flexibility index (Phi) is 8.41. The van der Waals surface area contributed by atoms with Gasteiger partial charge in [0, 0.05) is 51.3 Å². The number of fused-ring (bicyclic) bond motifs is 8. The third-order valence-electron chi connectivity index (χ3n) is 13.2. The van der Waals surface area contributed by atoms with Crippen molar-refractivity contribution in [1.82, 2.24) is 0 Å². The summed E-state index contributed by atoms with van der Waals surface area (Å²) in [5.74, 6) is 0. The smallest absolute Gasteiger partial charge is 0.0497 e. The van der Waals surface area contributed by atoms with E-state index in [0.29, 0.717) is 0 Å². The van der Waals surface area contributed by atoms with E-state index in [9.17, 15) is 0 Å². The number of alkyl halides is 1. The molecule has 0 radical (unpaired) electrons. The SMILES string of the molecule is C/C=C\C1=C(CI)N(c2ccc3c(c2)C(C)(C)c2cc(/C=C/c4ccc5c6c(cccc46)-c4cc(N6c7ccccc7Cc7ccccc76)ccc4-5)ccc2-3)CCC1. The number of benzene rings is 7. The first kappa shape index (κ1) is 35.5. The molecule has 3 heteroatoms. The van der Waals surface area contributed by atoms with Gasteiger partial charge in [-0.1, -0.05) is 158 Å². The lowest BCUT2D eigenvalue weighted by molar-refractivity contribution is 0.659. The Balaban J connectivity index is 0.920. The normalized spacial score (nSPS) is 15.9. The van der Waals surface area contributed by atoms with E-state index in [2.05, 4.69) is 211 Å². The molecule has 2 aliphatic carbocycles. The summed E-state index contributed by atoms with van der Waals surface area (Å²) in [6.07, 6.45) is 12.5. The number of halogens is 1. The van der Waals surface area contributed by atoms with E-state index in [-0.39, 0.29) is 5.41 Å². The molecule has 7 aromatic carbocycles. The highest BCUT2D eigenvalue weighted by Gasteiger charge is 2.36. The molecular weight excluding hydrogens is 816 g/mol. The molecule has 0 N–H and O–H groups in total. The van der Waals surface area contributed by atoms with Gasteiger partial charge in [0.05, 0.1) is 0 Å². The molecule has 0 saturated heterocycles. The predicted molar refractivity (Wildman–Crippen MR) is 256 cm³/mol. The molecule has 2 heterocycles. The molecule has 7 aromatic rings. The lowest BCUT2D eigenvalue weighted by Crippen LogP contribution is -2.29. The Morgan fingerprint density at radius 2 is 1.31 bits per heavy atom. The number of para-hydroxylation sites is 2. The first-order chi connectivity index (χ1) is 28.4. The van der Waals surface area contributed by atoms with Crippen molar-refractivity contribution in [3.8, 4) is 33.4 Å². The zero-order valence-corrected chi connectivity index (χ0v) is 35.5. The zero-order chi connectivity index (χ0) is 39.1. The Labute approximate surface area is 356 Å². The van der Waals surface area contributed by atoms with Crippen molar-refractivity contribution in [1.29, 1.82) is 0 Å². The van der Waals surface area contributed by atoms with Gasteiger partial charge in [0.25, 0.3) is 0 Å². The number of nitrogens with zero attached hydrogens (tertiary/aromatic N) is 2. The van der Waals surface area contributed by atoms with Gasteiger partial charge in [-0.25, -0.2) is 0 Å². The number of rotatable bonds is 6. The summed E-state index contributed by atoms with van der Waals surface area (Å²) in [5, 5.41) is 2.65. The Hall–Kier alpha value is -5.65. The molecule has 58 heavy (non-hydrogen) atoms. The lowest BCUT2D eigenvalue weighted by Gasteiger charge is -2.33. The summed E-state index contributed by atoms with van der Waals surface area (Å²) in [5.41, 5.74) is 23.9. The van der Waals surface area contributed by atoms with Crippen molar-refractivity contribution in [2.45, 2.75) is 45.4 Å². The number of hydrogen-bond acceptors (Lipinski definition) is 2. The summed E-state index contributed by atoms with van der Waals surface area (Å²) in [7, 11) is 0. The minimum absolute atomic E-state index is 0.0916. The summed E-state index contributed by atoms with van der Waals surface area (Å²) in [6, 6.07) is 50.6. The van der Waals surface area contributed by atoms with Crippen LogP contribution >= 0.6 is 22.6 Å². The van der Waals surface area contributed by atoms with Crippen LogP contribution in [0.25, 0.3) is 56.3 Å². The third kappa shape index (κ3) is 5.42. The van der Waals surface area contributed by atoms with E-state index in [1.165, 1.54) is 118 Å². The average molecular weight is 861 g/mol. The van der Waals surface area contributed by atoms with Crippen LogP contribution in [0.4, 0.5) is 22.7 Å². The second-order valence-corrected chi connectivity index (χ2v) is 17.5. The van der Waals surface area contributed by atoms with E-state index >= 15 is 0 Å².